The highest BCUT2D eigenvalue weighted by Gasteiger charge is 2.24. The van der Waals surface area contributed by atoms with Crippen LogP contribution in [0.15, 0.2) is 53.4 Å². The summed E-state index contributed by atoms with van der Waals surface area (Å²) in [6.07, 6.45) is 1.60. The second kappa shape index (κ2) is 6.59. The van der Waals surface area contributed by atoms with Gasteiger partial charge in [0.2, 0.25) is 0 Å². The second-order valence-electron chi connectivity index (χ2n) is 5.02. The number of benzene rings is 2. The van der Waals surface area contributed by atoms with E-state index in [0.29, 0.717) is 21.8 Å². The molecule has 0 aromatic heterocycles. The average Bonchev–Trinajstić information content (AvgIpc) is 2.88. The molecule has 1 aliphatic rings. The zero-order valence-corrected chi connectivity index (χ0v) is 13.2. The number of hydrogen-bond acceptors (Lipinski definition) is 5. The van der Waals surface area contributed by atoms with E-state index in [-0.39, 0.29) is 11.1 Å². The highest BCUT2D eigenvalue weighted by molar-refractivity contribution is 8.18. The predicted molar refractivity (Wildman–Crippen MR) is 94.4 cm³/mol. The summed E-state index contributed by atoms with van der Waals surface area (Å²) in [6, 6.07) is 13.7. The lowest BCUT2D eigenvalue weighted by atomic mass is 10.1. The Morgan fingerprint density at radius 1 is 1.08 bits per heavy atom. The first kappa shape index (κ1) is 15.8. The molecule has 1 fully saturated rings. The molecule has 120 valence electrons. The molecule has 3 rings (SSSR count). The van der Waals surface area contributed by atoms with Crippen LogP contribution < -0.4 is 16.4 Å². The van der Waals surface area contributed by atoms with Crippen LogP contribution in [-0.4, -0.2) is 17.1 Å². The Bertz CT molecular complexity index is 860. The molecule has 0 spiro atoms. The van der Waals surface area contributed by atoms with Gasteiger partial charge in [0.05, 0.1) is 16.3 Å². The molecule has 6 nitrogen and oxygen atoms in total. The lowest BCUT2D eigenvalue weighted by Gasteiger charge is -2.08. The summed E-state index contributed by atoms with van der Waals surface area (Å²) >= 11 is 0.851. The SMILES string of the molecule is Nc1ccccc1NC(=O)c1ccc(/C=C2/SC(=O)NC2=O)cc1. The summed E-state index contributed by atoms with van der Waals surface area (Å²) in [4.78, 5) is 35.2. The van der Waals surface area contributed by atoms with Crippen LogP contribution in [0.25, 0.3) is 6.08 Å². The number of carbonyl (C=O) groups is 3. The highest BCUT2D eigenvalue weighted by atomic mass is 32.2. The van der Waals surface area contributed by atoms with Crippen molar-refractivity contribution in [1.82, 2.24) is 5.32 Å². The van der Waals surface area contributed by atoms with Crippen LogP contribution >= 0.6 is 11.8 Å². The minimum atomic E-state index is -0.411. The van der Waals surface area contributed by atoms with Crippen molar-refractivity contribution in [2.45, 2.75) is 0 Å². The number of hydrogen-bond donors (Lipinski definition) is 3. The van der Waals surface area contributed by atoms with Gasteiger partial charge in [-0.05, 0) is 47.7 Å². The van der Waals surface area contributed by atoms with E-state index in [2.05, 4.69) is 10.6 Å². The summed E-state index contributed by atoms with van der Waals surface area (Å²) in [5, 5.41) is 4.54. The van der Waals surface area contributed by atoms with Crippen molar-refractivity contribution in [3.05, 3.63) is 64.6 Å². The van der Waals surface area contributed by atoms with E-state index in [1.807, 2.05) is 0 Å². The molecular weight excluding hydrogens is 326 g/mol. The first-order chi connectivity index (χ1) is 11.5. The topological polar surface area (TPSA) is 101 Å². The standard InChI is InChI=1S/C17H13N3O3S/c18-12-3-1-2-4-13(12)19-15(21)11-7-5-10(6-8-11)9-14-16(22)20-17(23)24-14/h1-9H,18H2,(H,19,21)(H,20,22,23)/b14-9+. The Kier molecular flexibility index (Phi) is 4.35. The number of anilines is 2. The van der Waals surface area contributed by atoms with Crippen LogP contribution in [-0.2, 0) is 4.79 Å². The zero-order valence-electron chi connectivity index (χ0n) is 12.4. The highest BCUT2D eigenvalue weighted by Crippen LogP contribution is 2.25. The van der Waals surface area contributed by atoms with E-state index in [4.69, 9.17) is 5.73 Å². The molecule has 1 aliphatic heterocycles. The Balaban J connectivity index is 1.74. The van der Waals surface area contributed by atoms with Crippen LogP contribution in [0.5, 0.6) is 0 Å². The minimum absolute atomic E-state index is 0.282. The lowest BCUT2D eigenvalue weighted by molar-refractivity contribution is -0.115. The average molecular weight is 339 g/mol. The summed E-state index contributed by atoms with van der Waals surface area (Å²) < 4.78 is 0. The molecule has 2 aromatic rings. The van der Waals surface area contributed by atoms with Crippen molar-refractivity contribution in [1.29, 1.82) is 0 Å². The third-order valence-corrected chi connectivity index (χ3v) is 4.13. The van der Waals surface area contributed by atoms with Crippen LogP contribution in [0.4, 0.5) is 16.2 Å². The summed E-state index contributed by atoms with van der Waals surface area (Å²) in [5.74, 6) is -0.693. The molecule has 0 aliphatic carbocycles. The molecule has 1 saturated heterocycles. The van der Waals surface area contributed by atoms with Gasteiger partial charge in [0, 0.05) is 5.56 Å². The van der Waals surface area contributed by atoms with E-state index in [0.717, 1.165) is 17.3 Å². The van der Waals surface area contributed by atoms with Gasteiger partial charge in [0.1, 0.15) is 0 Å². The smallest absolute Gasteiger partial charge is 0.290 e. The largest absolute Gasteiger partial charge is 0.397 e. The Labute approximate surface area is 142 Å². The molecule has 0 saturated carbocycles. The number of para-hydroxylation sites is 2. The molecule has 0 unspecified atom stereocenters. The summed E-state index contributed by atoms with van der Waals surface area (Å²) in [6.45, 7) is 0. The number of nitrogens with one attached hydrogen (secondary N) is 2. The monoisotopic (exact) mass is 339 g/mol. The number of nitrogen functional groups attached to an aromatic ring is 1. The van der Waals surface area contributed by atoms with Gasteiger partial charge in [-0.2, -0.15) is 0 Å². The lowest BCUT2D eigenvalue weighted by Crippen LogP contribution is -2.17. The van der Waals surface area contributed by atoms with Crippen molar-refractivity contribution >= 4 is 46.3 Å². The Morgan fingerprint density at radius 2 is 1.79 bits per heavy atom. The van der Waals surface area contributed by atoms with Gasteiger partial charge in [-0.25, -0.2) is 0 Å². The maximum Gasteiger partial charge on any atom is 0.290 e. The Morgan fingerprint density at radius 3 is 2.42 bits per heavy atom. The molecule has 3 amide bonds. The number of rotatable bonds is 3. The fourth-order valence-corrected chi connectivity index (χ4v) is 2.79. The molecule has 2 aromatic carbocycles. The van der Waals surface area contributed by atoms with E-state index in [1.165, 1.54) is 0 Å². The van der Waals surface area contributed by atoms with Gasteiger partial charge in [-0.3, -0.25) is 19.7 Å². The number of amides is 3. The van der Waals surface area contributed by atoms with Crippen molar-refractivity contribution in [2.75, 3.05) is 11.1 Å². The van der Waals surface area contributed by atoms with E-state index in [1.54, 1.807) is 54.6 Å². The fraction of sp³-hybridized carbons (Fsp3) is 0. The van der Waals surface area contributed by atoms with Crippen molar-refractivity contribution in [3.8, 4) is 0 Å². The quantitative estimate of drug-likeness (QED) is 0.589. The third-order valence-electron chi connectivity index (χ3n) is 3.32. The number of thioether (sulfide) groups is 1. The second-order valence-corrected chi connectivity index (χ2v) is 6.03. The minimum Gasteiger partial charge on any atom is -0.397 e. The van der Waals surface area contributed by atoms with Crippen molar-refractivity contribution < 1.29 is 14.4 Å². The fourth-order valence-electron chi connectivity index (χ4n) is 2.11. The molecule has 24 heavy (non-hydrogen) atoms. The van der Waals surface area contributed by atoms with Crippen molar-refractivity contribution in [3.63, 3.8) is 0 Å². The molecule has 0 bridgehead atoms. The van der Waals surface area contributed by atoms with Crippen LogP contribution in [0.1, 0.15) is 15.9 Å². The molecule has 0 atom stereocenters. The first-order valence-corrected chi connectivity index (χ1v) is 7.85. The van der Waals surface area contributed by atoms with Gasteiger partial charge in [-0.15, -0.1) is 0 Å². The zero-order chi connectivity index (χ0) is 17.1. The Hall–Kier alpha value is -3.06. The first-order valence-electron chi connectivity index (χ1n) is 7.04. The molecule has 1 heterocycles. The van der Waals surface area contributed by atoms with Crippen LogP contribution in [0.3, 0.4) is 0 Å². The van der Waals surface area contributed by atoms with Gasteiger partial charge < -0.3 is 11.1 Å². The van der Waals surface area contributed by atoms with Crippen LogP contribution in [0.2, 0.25) is 0 Å². The van der Waals surface area contributed by atoms with Gasteiger partial charge in [-0.1, -0.05) is 24.3 Å². The number of imide groups is 1. The number of carbonyl (C=O) groups excluding carboxylic acids is 3. The van der Waals surface area contributed by atoms with Gasteiger partial charge in [0.15, 0.2) is 0 Å². The molecular formula is C17H13N3O3S. The van der Waals surface area contributed by atoms with Gasteiger partial charge >= 0.3 is 0 Å². The maximum atomic E-state index is 12.2. The summed E-state index contributed by atoms with van der Waals surface area (Å²) in [7, 11) is 0. The molecule has 0 radical (unpaired) electrons. The summed E-state index contributed by atoms with van der Waals surface area (Å²) in [5.41, 5.74) is 8.01. The van der Waals surface area contributed by atoms with Crippen molar-refractivity contribution in [2.24, 2.45) is 0 Å². The molecule has 7 heteroatoms. The normalized spacial score (nSPS) is 15.4. The third kappa shape index (κ3) is 3.47. The number of nitrogens with two attached hydrogens (primary N) is 1. The van der Waals surface area contributed by atoms with E-state index >= 15 is 0 Å². The van der Waals surface area contributed by atoms with Gasteiger partial charge in [0.25, 0.3) is 17.1 Å². The van der Waals surface area contributed by atoms with E-state index in [9.17, 15) is 14.4 Å². The maximum absolute atomic E-state index is 12.2. The molecule has 4 N–H and O–H groups in total. The predicted octanol–water partition coefficient (Wildman–Crippen LogP) is 2.85. The van der Waals surface area contributed by atoms with E-state index < -0.39 is 5.91 Å². The van der Waals surface area contributed by atoms with Crippen LogP contribution in [0, 0.1) is 0 Å².